The first-order chi connectivity index (χ1) is 11.5. The van der Waals surface area contributed by atoms with Gasteiger partial charge in [0.05, 0.1) is 12.5 Å². The van der Waals surface area contributed by atoms with Crippen molar-refractivity contribution >= 4 is 17.8 Å². The van der Waals surface area contributed by atoms with E-state index in [1.165, 1.54) is 4.90 Å². The second-order valence-electron chi connectivity index (χ2n) is 5.84. The van der Waals surface area contributed by atoms with Gasteiger partial charge in [0, 0.05) is 6.54 Å². The smallest absolute Gasteiger partial charge is 0.326 e. The lowest BCUT2D eigenvalue weighted by molar-refractivity contribution is -0.154. The molecule has 0 bridgehead atoms. The number of carboxylic acids is 1. The number of carboxylic acid groups (broad SMARTS) is 1. The summed E-state index contributed by atoms with van der Waals surface area (Å²) in [4.78, 5) is 36.7. The first-order valence-electron chi connectivity index (χ1n) is 7.97. The SMILES string of the molecule is N[C@@H](CC(=O)OCc1ccccc1)C(=O)N1CCCC[C@H]1C(=O)O. The number of esters is 1. The van der Waals surface area contributed by atoms with Crippen molar-refractivity contribution in [3.05, 3.63) is 35.9 Å². The number of carbonyl (C=O) groups excluding carboxylic acids is 2. The maximum absolute atomic E-state index is 12.4. The second kappa shape index (κ2) is 8.44. The molecule has 0 aliphatic carbocycles. The molecule has 7 heteroatoms. The zero-order chi connectivity index (χ0) is 17.5. The van der Waals surface area contributed by atoms with E-state index < -0.39 is 29.9 Å². The van der Waals surface area contributed by atoms with Crippen molar-refractivity contribution in [3.63, 3.8) is 0 Å². The Morgan fingerprint density at radius 1 is 1.25 bits per heavy atom. The molecule has 0 aromatic heterocycles. The highest BCUT2D eigenvalue weighted by Gasteiger charge is 2.34. The highest BCUT2D eigenvalue weighted by molar-refractivity contribution is 5.89. The van der Waals surface area contributed by atoms with Crippen LogP contribution in [0.2, 0.25) is 0 Å². The van der Waals surface area contributed by atoms with Crippen LogP contribution in [-0.4, -0.2) is 46.5 Å². The molecule has 7 nitrogen and oxygen atoms in total. The van der Waals surface area contributed by atoms with Crippen LogP contribution in [0.5, 0.6) is 0 Å². The summed E-state index contributed by atoms with van der Waals surface area (Å²) < 4.78 is 5.10. The number of nitrogens with two attached hydrogens (primary N) is 1. The summed E-state index contributed by atoms with van der Waals surface area (Å²) in [5, 5.41) is 9.21. The monoisotopic (exact) mass is 334 g/mol. The van der Waals surface area contributed by atoms with Gasteiger partial charge in [-0.25, -0.2) is 4.79 Å². The Kier molecular flexibility index (Phi) is 6.31. The zero-order valence-corrected chi connectivity index (χ0v) is 13.4. The molecule has 1 aliphatic rings. The summed E-state index contributed by atoms with van der Waals surface area (Å²) in [6, 6.07) is 7.22. The van der Waals surface area contributed by atoms with Crippen molar-refractivity contribution in [1.29, 1.82) is 0 Å². The van der Waals surface area contributed by atoms with Crippen molar-refractivity contribution < 1.29 is 24.2 Å². The Labute approximate surface area is 140 Å². The van der Waals surface area contributed by atoms with Gasteiger partial charge in [-0.2, -0.15) is 0 Å². The number of hydrogen-bond donors (Lipinski definition) is 2. The molecule has 130 valence electrons. The van der Waals surface area contributed by atoms with Gasteiger partial charge in [-0.1, -0.05) is 30.3 Å². The lowest BCUT2D eigenvalue weighted by Crippen LogP contribution is -2.54. The van der Waals surface area contributed by atoms with Gasteiger partial charge in [-0.3, -0.25) is 9.59 Å². The molecule has 0 spiro atoms. The Morgan fingerprint density at radius 2 is 1.96 bits per heavy atom. The van der Waals surface area contributed by atoms with E-state index in [0.717, 1.165) is 18.4 Å². The van der Waals surface area contributed by atoms with Gasteiger partial charge in [0.2, 0.25) is 5.91 Å². The Balaban J connectivity index is 1.86. The van der Waals surface area contributed by atoms with Crippen molar-refractivity contribution in [2.75, 3.05) is 6.54 Å². The third-order valence-electron chi connectivity index (χ3n) is 4.02. The summed E-state index contributed by atoms with van der Waals surface area (Å²) in [6.45, 7) is 0.463. The Hall–Kier alpha value is -2.41. The third kappa shape index (κ3) is 4.79. The number of piperidine rings is 1. The van der Waals surface area contributed by atoms with Crippen LogP contribution in [0.25, 0.3) is 0 Å². The van der Waals surface area contributed by atoms with Crippen LogP contribution in [0.15, 0.2) is 30.3 Å². The van der Waals surface area contributed by atoms with Crippen molar-refractivity contribution in [2.24, 2.45) is 5.73 Å². The summed E-state index contributed by atoms with van der Waals surface area (Å²) in [5.41, 5.74) is 6.64. The molecule has 2 atom stereocenters. The predicted octanol–water partition coefficient (Wildman–Crippen LogP) is 0.913. The van der Waals surface area contributed by atoms with Crippen LogP contribution in [0.4, 0.5) is 0 Å². The molecule has 1 fully saturated rings. The minimum absolute atomic E-state index is 0.113. The number of ether oxygens (including phenoxy) is 1. The number of hydrogen-bond acceptors (Lipinski definition) is 5. The standard InChI is InChI=1S/C17H22N2O5/c18-13(10-15(20)24-11-12-6-2-1-3-7-12)16(21)19-9-5-4-8-14(19)17(22)23/h1-3,6-7,13-14H,4-5,8-11,18H2,(H,22,23)/t13-,14-/m0/s1. The van der Waals surface area contributed by atoms with Crippen LogP contribution in [0.1, 0.15) is 31.2 Å². The fourth-order valence-electron chi connectivity index (χ4n) is 2.73. The predicted molar refractivity (Wildman–Crippen MR) is 85.8 cm³/mol. The number of benzene rings is 1. The van der Waals surface area contributed by atoms with Gasteiger partial charge in [-0.15, -0.1) is 0 Å². The molecule has 1 amide bonds. The minimum atomic E-state index is -1.09. The molecule has 24 heavy (non-hydrogen) atoms. The average Bonchev–Trinajstić information content (AvgIpc) is 2.60. The molecule has 2 rings (SSSR count). The van der Waals surface area contributed by atoms with Gasteiger partial charge in [-0.05, 0) is 24.8 Å². The summed E-state index contributed by atoms with van der Waals surface area (Å²) in [5.74, 6) is -2.13. The van der Waals surface area contributed by atoms with Gasteiger partial charge >= 0.3 is 11.9 Å². The first-order valence-corrected chi connectivity index (χ1v) is 7.97. The van der Waals surface area contributed by atoms with Crippen LogP contribution in [0, 0.1) is 0 Å². The number of nitrogens with zero attached hydrogens (tertiary/aromatic N) is 1. The summed E-state index contributed by atoms with van der Waals surface area (Å²) in [7, 11) is 0. The lowest BCUT2D eigenvalue weighted by Gasteiger charge is -2.34. The highest BCUT2D eigenvalue weighted by Crippen LogP contribution is 2.18. The number of amides is 1. The highest BCUT2D eigenvalue weighted by atomic mass is 16.5. The van der Waals surface area contributed by atoms with E-state index in [-0.39, 0.29) is 13.0 Å². The normalized spacial score (nSPS) is 18.7. The van der Waals surface area contributed by atoms with E-state index in [2.05, 4.69) is 0 Å². The second-order valence-corrected chi connectivity index (χ2v) is 5.84. The number of carbonyl (C=O) groups is 3. The molecular weight excluding hydrogens is 312 g/mol. The molecule has 1 aromatic rings. The van der Waals surface area contributed by atoms with Crippen molar-refractivity contribution in [1.82, 2.24) is 4.90 Å². The molecular formula is C17H22N2O5. The van der Waals surface area contributed by atoms with Crippen LogP contribution < -0.4 is 5.73 Å². The lowest BCUT2D eigenvalue weighted by atomic mass is 10.0. The van der Waals surface area contributed by atoms with Gasteiger partial charge in [0.15, 0.2) is 0 Å². The maximum Gasteiger partial charge on any atom is 0.326 e. The van der Waals surface area contributed by atoms with E-state index >= 15 is 0 Å². The van der Waals surface area contributed by atoms with Crippen molar-refractivity contribution in [2.45, 2.75) is 44.4 Å². The van der Waals surface area contributed by atoms with E-state index in [4.69, 9.17) is 10.5 Å². The van der Waals surface area contributed by atoms with Crippen LogP contribution in [0.3, 0.4) is 0 Å². The quantitative estimate of drug-likeness (QED) is 0.748. The average molecular weight is 334 g/mol. The molecule has 0 unspecified atom stereocenters. The number of rotatable bonds is 6. The van der Waals surface area contributed by atoms with E-state index in [1.54, 1.807) is 0 Å². The maximum atomic E-state index is 12.4. The Morgan fingerprint density at radius 3 is 2.62 bits per heavy atom. The Bertz CT molecular complexity index is 590. The molecule has 0 saturated carbocycles. The summed E-state index contributed by atoms with van der Waals surface area (Å²) >= 11 is 0. The van der Waals surface area contributed by atoms with Gasteiger partial charge in [0.25, 0.3) is 0 Å². The van der Waals surface area contributed by atoms with Crippen LogP contribution in [-0.2, 0) is 25.7 Å². The molecule has 1 saturated heterocycles. The summed E-state index contributed by atoms with van der Waals surface area (Å²) in [6.07, 6.45) is 1.64. The topological polar surface area (TPSA) is 110 Å². The fraction of sp³-hybridized carbons (Fsp3) is 0.471. The number of likely N-dealkylation sites (tertiary alicyclic amines) is 1. The van der Waals surface area contributed by atoms with Gasteiger partial charge < -0.3 is 20.5 Å². The largest absolute Gasteiger partial charge is 0.480 e. The fourth-order valence-corrected chi connectivity index (χ4v) is 2.73. The number of aliphatic carboxylic acids is 1. The molecule has 1 heterocycles. The van der Waals surface area contributed by atoms with E-state index in [9.17, 15) is 19.5 Å². The molecule has 0 radical (unpaired) electrons. The zero-order valence-electron chi connectivity index (χ0n) is 13.4. The van der Waals surface area contributed by atoms with Crippen molar-refractivity contribution in [3.8, 4) is 0 Å². The molecule has 1 aromatic carbocycles. The van der Waals surface area contributed by atoms with E-state index in [0.29, 0.717) is 13.0 Å². The van der Waals surface area contributed by atoms with E-state index in [1.807, 2.05) is 30.3 Å². The van der Waals surface area contributed by atoms with Crippen LogP contribution >= 0.6 is 0 Å². The molecule has 1 aliphatic heterocycles. The minimum Gasteiger partial charge on any atom is -0.480 e. The first kappa shape index (κ1) is 17.9. The molecule has 3 N–H and O–H groups in total. The van der Waals surface area contributed by atoms with Gasteiger partial charge in [0.1, 0.15) is 12.6 Å². The third-order valence-corrected chi connectivity index (χ3v) is 4.02.